The number of H-pyrrole nitrogens is 1. The third kappa shape index (κ3) is 5.63. The third-order valence-corrected chi connectivity index (χ3v) is 5.11. The van der Waals surface area contributed by atoms with Gasteiger partial charge in [0.05, 0.1) is 0 Å². The van der Waals surface area contributed by atoms with Gasteiger partial charge in [-0.15, -0.1) is 0 Å². The van der Waals surface area contributed by atoms with E-state index in [9.17, 15) is 19.5 Å². The lowest BCUT2D eigenvalue weighted by atomic mass is 10.1. The van der Waals surface area contributed by atoms with E-state index in [4.69, 9.17) is 5.73 Å². The minimum atomic E-state index is -0.670. The molecule has 0 aliphatic rings. The Balaban J connectivity index is 1.43. The molecule has 1 heterocycles. The number of benzene rings is 3. The van der Waals surface area contributed by atoms with Gasteiger partial charge >= 0.3 is 0 Å². The second-order valence-electron chi connectivity index (χ2n) is 7.61. The van der Waals surface area contributed by atoms with Crippen LogP contribution in [0.5, 0.6) is 5.75 Å². The summed E-state index contributed by atoms with van der Waals surface area (Å²) in [7, 11) is 0. The molecule has 4 rings (SSSR count). The normalized spacial score (nSPS) is 10.4. The molecule has 0 fully saturated rings. The third-order valence-electron chi connectivity index (χ3n) is 5.11. The SMILES string of the molecule is NC(=O)c1c(NCc2ccc(O)cc2)n[nH]c1Nc1ccc(NC(=O)c2cccc(C=O)c2)cc1. The van der Waals surface area contributed by atoms with Gasteiger partial charge in [-0.2, -0.15) is 5.10 Å². The van der Waals surface area contributed by atoms with Gasteiger partial charge in [0, 0.05) is 29.0 Å². The van der Waals surface area contributed by atoms with Gasteiger partial charge in [0.25, 0.3) is 11.8 Å². The number of amides is 2. The highest BCUT2D eigenvalue weighted by Gasteiger charge is 2.18. The standard InChI is InChI=1S/C25H22N6O4/c26-22(34)21-23(27-13-15-4-10-20(33)11-5-15)30-31-24(21)28-18-6-8-19(9-7-18)29-25(35)17-3-1-2-16(12-17)14-32/h1-12,14,33H,13H2,(H2,26,34)(H,29,35)(H3,27,28,30,31). The van der Waals surface area contributed by atoms with Gasteiger partial charge in [0.15, 0.2) is 5.82 Å². The largest absolute Gasteiger partial charge is 0.508 e. The lowest BCUT2D eigenvalue weighted by Crippen LogP contribution is -2.15. The predicted octanol–water partition coefficient (Wildman–Crippen LogP) is 3.63. The molecule has 4 aromatic rings. The van der Waals surface area contributed by atoms with E-state index in [0.29, 0.717) is 41.2 Å². The van der Waals surface area contributed by atoms with Crippen molar-refractivity contribution in [3.63, 3.8) is 0 Å². The van der Waals surface area contributed by atoms with Crippen molar-refractivity contribution in [1.29, 1.82) is 0 Å². The van der Waals surface area contributed by atoms with E-state index >= 15 is 0 Å². The van der Waals surface area contributed by atoms with Crippen molar-refractivity contribution in [2.75, 3.05) is 16.0 Å². The summed E-state index contributed by atoms with van der Waals surface area (Å²) in [5.41, 5.74) is 8.58. The molecule has 2 amide bonds. The highest BCUT2D eigenvalue weighted by molar-refractivity contribution is 6.05. The van der Waals surface area contributed by atoms with Crippen molar-refractivity contribution in [2.24, 2.45) is 5.73 Å². The molecule has 7 N–H and O–H groups in total. The van der Waals surface area contributed by atoms with Crippen LogP contribution in [0.2, 0.25) is 0 Å². The number of carbonyl (C=O) groups excluding carboxylic acids is 3. The Hall–Kier alpha value is -5.12. The van der Waals surface area contributed by atoms with E-state index in [1.165, 1.54) is 6.07 Å². The van der Waals surface area contributed by atoms with Crippen LogP contribution < -0.4 is 21.7 Å². The Kier molecular flexibility index (Phi) is 6.73. The number of primary amides is 1. The van der Waals surface area contributed by atoms with Crippen LogP contribution in [0.25, 0.3) is 0 Å². The monoisotopic (exact) mass is 470 g/mol. The second-order valence-corrected chi connectivity index (χ2v) is 7.61. The molecule has 0 aliphatic heterocycles. The zero-order chi connectivity index (χ0) is 24.8. The average Bonchev–Trinajstić information content (AvgIpc) is 3.27. The van der Waals surface area contributed by atoms with Crippen LogP contribution in [-0.4, -0.2) is 33.4 Å². The first kappa shape index (κ1) is 23.1. The summed E-state index contributed by atoms with van der Waals surface area (Å²) in [4.78, 5) is 35.4. The van der Waals surface area contributed by atoms with Crippen molar-refractivity contribution in [3.8, 4) is 5.75 Å². The van der Waals surface area contributed by atoms with Crippen molar-refractivity contribution in [3.05, 3.63) is 95.1 Å². The van der Waals surface area contributed by atoms with Gasteiger partial charge in [-0.05, 0) is 54.1 Å². The summed E-state index contributed by atoms with van der Waals surface area (Å²) in [5.74, 6) is -0.252. The number of phenols is 1. The summed E-state index contributed by atoms with van der Waals surface area (Å²) in [6.07, 6.45) is 0.682. The molecule has 0 saturated heterocycles. The number of carbonyl (C=O) groups is 3. The van der Waals surface area contributed by atoms with Crippen LogP contribution in [0, 0.1) is 0 Å². The van der Waals surface area contributed by atoms with Crippen molar-refractivity contribution >= 4 is 41.1 Å². The summed E-state index contributed by atoms with van der Waals surface area (Å²) < 4.78 is 0. The number of rotatable bonds is 9. The van der Waals surface area contributed by atoms with E-state index in [1.807, 2.05) is 0 Å². The smallest absolute Gasteiger partial charge is 0.256 e. The second kappa shape index (κ2) is 10.2. The number of anilines is 4. The molecular formula is C25H22N6O4. The fourth-order valence-electron chi connectivity index (χ4n) is 3.34. The fraction of sp³-hybridized carbons (Fsp3) is 0.0400. The van der Waals surface area contributed by atoms with Crippen LogP contribution in [0.4, 0.5) is 23.0 Å². The maximum absolute atomic E-state index is 12.4. The summed E-state index contributed by atoms with van der Waals surface area (Å²) in [6.45, 7) is 0.370. The predicted molar refractivity (Wildman–Crippen MR) is 132 cm³/mol. The number of aromatic nitrogens is 2. The number of hydrogen-bond donors (Lipinski definition) is 6. The first-order valence-corrected chi connectivity index (χ1v) is 10.6. The van der Waals surface area contributed by atoms with Gasteiger partial charge in [-0.25, -0.2) is 0 Å². The number of hydrogen-bond acceptors (Lipinski definition) is 7. The summed E-state index contributed by atoms with van der Waals surface area (Å²) in [5, 5.41) is 25.2. The van der Waals surface area contributed by atoms with Gasteiger partial charge < -0.3 is 26.8 Å². The van der Waals surface area contributed by atoms with Crippen LogP contribution in [-0.2, 0) is 6.54 Å². The van der Waals surface area contributed by atoms with Crippen molar-refractivity contribution in [2.45, 2.75) is 6.54 Å². The molecule has 0 saturated carbocycles. The van der Waals surface area contributed by atoms with Gasteiger partial charge in [0.2, 0.25) is 0 Å². The number of nitrogens with two attached hydrogens (primary N) is 1. The van der Waals surface area contributed by atoms with Crippen LogP contribution in [0.3, 0.4) is 0 Å². The van der Waals surface area contributed by atoms with E-state index in [0.717, 1.165) is 5.56 Å². The summed E-state index contributed by atoms with van der Waals surface area (Å²) in [6, 6.07) is 19.8. The first-order chi connectivity index (χ1) is 16.9. The van der Waals surface area contributed by atoms with Gasteiger partial charge in [-0.1, -0.05) is 24.3 Å². The number of aldehydes is 1. The number of aromatic amines is 1. The Morgan fingerprint density at radius 1 is 1.00 bits per heavy atom. The molecule has 0 unspecified atom stereocenters. The number of aromatic hydroxyl groups is 1. The Morgan fingerprint density at radius 2 is 1.71 bits per heavy atom. The average molecular weight is 470 g/mol. The lowest BCUT2D eigenvalue weighted by molar-refractivity contribution is 0.0998. The minimum Gasteiger partial charge on any atom is -0.508 e. The Bertz CT molecular complexity index is 1360. The van der Waals surface area contributed by atoms with Gasteiger partial charge in [0.1, 0.15) is 23.4 Å². The molecular weight excluding hydrogens is 448 g/mol. The number of nitrogens with zero attached hydrogens (tertiary/aromatic N) is 1. The molecule has 10 heteroatoms. The van der Waals surface area contributed by atoms with Crippen molar-refractivity contribution in [1.82, 2.24) is 10.2 Å². The molecule has 0 atom stereocenters. The lowest BCUT2D eigenvalue weighted by Gasteiger charge is -2.09. The molecule has 0 bridgehead atoms. The Morgan fingerprint density at radius 3 is 2.40 bits per heavy atom. The highest BCUT2D eigenvalue weighted by atomic mass is 16.3. The van der Waals surface area contributed by atoms with E-state index < -0.39 is 5.91 Å². The molecule has 3 aromatic carbocycles. The zero-order valence-electron chi connectivity index (χ0n) is 18.4. The minimum absolute atomic E-state index is 0.163. The number of nitrogens with one attached hydrogen (secondary N) is 4. The zero-order valence-corrected chi connectivity index (χ0v) is 18.4. The van der Waals surface area contributed by atoms with E-state index in [2.05, 4.69) is 26.1 Å². The Labute approximate surface area is 200 Å². The molecule has 1 aromatic heterocycles. The fourth-order valence-corrected chi connectivity index (χ4v) is 3.34. The molecule has 0 aliphatic carbocycles. The van der Waals surface area contributed by atoms with Crippen LogP contribution in [0.15, 0.2) is 72.8 Å². The van der Waals surface area contributed by atoms with Crippen LogP contribution in [0.1, 0.15) is 36.6 Å². The van der Waals surface area contributed by atoms with Gasteiger partial charge in [-0.3, -0.25) is 19.5 Å². The topological polar surface area (TPSA) is 162 Å². The highest BCUT2D eigenvalue weighted by Crippen LogP contribution is 2.26. The molecule has 35 heavy (non-hydrogen) atoms. The van der Waals surface area contributed by atoms with Crippen molar-refractivity contribution < 1.29 is 19.5 Å². The summed E-state index contributed by atoms with van der Waals surface area (Å²) >= 11 is 0. The molecule has 176 valence electrons. The molecule has 10 nitrogen and oxygen atoms in total. The van der Waals surface area contributed by atoms with E-state index in [-0.39, 0.29) is 23.0 Å². The van der Waals surface area contributed by atoms with Crippen LogP contribution >= 0.6 is 0 Å². The maximum atomic E-state index is 12.4. The number of phenolic OH excluding ortho intramolecular Hbond substituents is 1. The first-order valence-electron chi connectivity index (χ1n) is 10.6. The van der Waals surface area contributed by atoms with E-state index in [1.54, 1.807) is 66.7 Å². The molecule has 0 spiro atoms. The molecule has 0 radical (unpaired) electrons. The quantitative estimate of drug-likeness (QED) is 0.203. The maximum Gasteiger partial charge on any atom is 0.256 e.